The summed E-state index contributed by atoms with van der Waals surface area (Å²) in [5.41, 5.74) is 10.4. The number of nitrogens with one attached hydrogen (secondary N) is 2. The molecule has 3 aromatic rings. The third-order valence-corrected chi connectivity index (χ3v) is 10.9. The molecule has 2 unspecified atom stereocenters. The summed E-state index contributed by atoms with van der Waals surface area (Å²) in [7, 11) is 5.28. The van der Waals surface area contributed by atoms with E-state index < -0.39 is 23.3 Å². The summed E-state index contributed by atoms with van der Waals surface area (Å²) >= 11 is 0. The molecule has 0 spiro atoms. The van der Waals surface area contributed by atoms with Crippen molar-refractivity contribution < 1.29 is 38.1 Å². The maximum Gasteiger partial charge on any atom is 0.334 e. The fourth-order valence-electron chi connectivity index (χ4n) is 7.78. The van der Waals surface area contributed by atoms with Crippen LogP contribution in [0.5, 0.6) is 0 Å². The Kier molecular flexibility index (Phi) is 10.3. The van der Waals surface area contributed by atoms with E-state index in [1.807, 2.05) is 58.0 Å². The van der Waals surface area contributed by atoms with E-state index >= 15 is 0 Å². The van der Waals surface area contributed by atoms with Crippen LogP contribution in [0.4, 0.5) is 0 Å². The van der Waals surface area contributed by atoms with Crippen molar-refractivity contribution in [2.24, 2.45) is 5.92 Å². The SMILES string of the molecule is C=Cc1c(C)c2cc3nc(cc4[nH]c(cc5nc(cc1[nH]2)C(C)=C5CCC(=O)OC)c(CCC(=O)OC)c4C)C1(C)C3=CC=C(C(=O)OC)C1C(=O)OC. The van der Waals surface area contributed by atoms with Gasteiger partial charge in [0.15, 0.2) is 0 Å². The lowest BCUT2D eigenvalue weighted by Gasteiger charge is -2.36. The minimum atomic E-state index is -1.16. The molecule has 0 fully saturated rings. The first-order chi connectivity index (χ1) is 25.8. The maximum absolute atomic E-state index is 13.7. The maximum atomic E-state index is 13.7. The highest BCUT2D eigenvalue weighted by atomic mass is 16.5. The van der Waals surface area contributed by atoms with Crippen molar-refractivity contribution >= 4 is 68.7 Å². The molecule has 2 aliphatic heterocycles. The van der Waals surface area contributed by atoms with Crippen molar-refractivity contribution in [3.8, 4) is 0 Å². The van der Waals surface area contributed by atoms with Gasteiger partial charge in [-0.25, -0.2) is 9.78 Å². The molecule has 0 saturated carbocycles. The van der Waals surface area contributed by atoms with E-state index in [1.165, 1.54) is 28.4 Å². The van der Waals surface area contributed by atoms with Crippen LogP contribution in [0.3, 0.4) is 0 Å². The number of carbonyl (C=O) groups is 4. The molecule has 3 aromatic heterocycles. The Labute approximate surface area is 313 Å². The van der Waals surface area contributed by atoms with Crippen molar-refractivity contribution in [3.05, 3.63) is 93.6 Å². The van der Waals surface area contributed by atoms with Crippen LogP contribution in [0.25, 0.3) is 44.9 Å². The van der Waals surface area contributed by atoms with Crippen LogP contribution in [-0.2, 0) is 50.0 Å². The van der Waals surface area contributed by atoms with E-state index in [4.69, 9.17) is 28.9 Å². The first kappa shape index (κ1) is 37.7. The number of H-pyrrole nitrogens is 2. The monoisotopic (exact) mass is 732 g/mol. The average molecular weight is 733 g/mol. The first-order valence-corrected chi connectivity index (χ1v) is 17.6. The smallest absolute Gasteiger partial charge is 0.334 e. The van der Waals surface area contributed by atoms with E-state index in [-0.39, 0.29) is 30.4 Å². The summed E-state index contributed by atoms with van der Waals surface area (Å²) in [6.07, 6.45) is 6.25. The Bertz CT molecular complexity index is 2390. The number of aromatic amines is 2. The third-order valence-electron chi connectivity index (χ3n) is 10.9. The van der Waals surface area contributed by atoms with Crippen molar-refractivity contribution in [1.29, 1.82) is 0 Å². The van der Waals surface area contributed by atoms with Crippen LogP contribution in [0.1, 0.15) is 78.1 Å². The van der Waals surface area contributed by atoms with E-state index in [0.717, 1.165) is 50.0 Å². The van der Waals surface area contributed by atoms with Gasteiger partial charge in [0, 0.05) is 40.5 Å². The van der Waals surface area contributed by atoms with E-state index in [9.17, 15) is 19.2 Å². The van der Waals surface area contributed by atoms with Crippen LogP contribution in [0.15, 0.2) is 48.6 Å². The minimum absolute atomic E-state index is 0.131. The third kappa shape index (κ3) is 6.35. The van der Waals surface area contributed by atoms with Gasteiger partial charge in [0.2, 0.25) is 0 Å². The number of nitrogens with zero attached hydrogens (tertiary/aromatic N) is 2. The van der Waals surface area contributed by atoms with Gasteiger partial charge in [-0.05, 0) is 98.2 Å². The zero-order valence-electron chi connectivity index (χ0n) is 31.8. The Hall–Kier alpha value is -6.04. The number of carbonyl (C=O) groups excluding carboxylic acids is 4. The Morgan fingerprint density at radius 2 is 1.39 bits per heavy atom. The number of aromatic nitrogens is 4. The standard InChI is InChI=1S/C42H44N4O8/c1-10-24-21(2)30-18-35-28-14-11-27(40(49)53-8)39(41(50)54-9)42(28,5)36(46-35)20-31-23(4)26(13-16-38(48)52-7)34(45-31)19-33-25(12-15-37(47)51-6)22(3)29(44-33)17-32(24)43-30/h10-11,14,17-20,39,43,45H,1,12-13,15-16H2,2-9H3. The number of esters is 4. The predicted octanol–water partition coefficient (Wildman–Crippen LogP) is 6.81. The Balaban J connectivity index is 1.76. The summed E-state index contributed by atoms with van der Waals surface area (Å²) in [5.74, 6) is -3.03. The van der Waals surface area contributed by atoms with Gasteiger partial charge < -0.3 is 28.9 Å². The van der Waals surface area contributed by atoms with Crippen molar-refractivity contribution in [2.45, 2.75) is 58.8 Å². The topological polar surface area (TPSA) is 163 Å². The fourth-order valence-corrected chi connectivity index (χ4v) is 7.78. The molecule has 3 aliphatic rings. The molecular formula is C42H44N4O8. The second kappa shape index (κ2) is 14.8. The molecule has 0 amide bonds. The van der Waals surface area contributed by atoms with Crippen LogP contribution < -0.4 is 0 Å². The summed E-state index contributed by atoms with van der Waals surface area (Å²) < 4.78 is 20.4. The molecule has 2 atom stereocenters. The van der Waals surface area contributed by atoms with Crippen molar-refractivity contribution in [1.82, 2.24) is 19.9 Å². The van der Waals surface area contributed by atoms with Gasteiger partial charge in [-0.2, -0.15) is 0 Å². The number of hydrogen-bond donors (Lipinski definition) is 2. The molecule has 8 bridgehead atoms. The number of allylic oxidation sites excluding steroid dienone is 5. The number of ether oxygens (including phenoxy) is 4. The van der Waals surface area contributed by atoms with Gasteiger partial charge in [-0.15, -0.1) is 0 Å². The zero-order chi connectivity index (χ0) is 39.1. The van der Waals surface area contributed by atoms with E-state index in [0.29, 0.717) is 46.7 Å². The largest absolute Gasteiger partial charge is 0.469 e. The van der Waals surface area contributed by atoms with Gasteiger partial charge in [0.05, 0.1) is 62.2 Å². The summed E-state index contributed by atoms with van der Waals surface area (Å²) in [4.78, 5) is 69.0. The van der Waals surface area contributed by atoms with Crippen molar-refractivity contribution in [3.63, 3.8) is 0 Å². The second-order valence-electron chi connectivity index (χ2n) is 13.7. The molecule has 2 N–H and O–H groups in total. The molecule has 6 rings (SSSR count). The molecule has 54 heavy (non-hydrogen) atoms. The quantitative estimate of drug-likeness (QED) is 0.177. The van der Waals surface area contributed by atoms with E-state index in [2.05, 4.69) is 16.5 Å². The predicted molar refractivity (Wildman–Crippen MR) is 206 cm³/mol. The molecule has 0 saturated heterocycles. The summed E-state index contributed by atoms with van der Waals surface area (Å²) in [5, 5.41) is 0. The highest BCUT2D eigenvalue weighted by Crippen LogP contribution is 2.52. The molecule has 12 heteroatoms. The molecular weight excluding hydrogens is 688 g/mol. The fraction of sp³-hybridized carbons (Fsp3) is 0.333. The Morgan fingerprint density at radius 3 is 2.04 bits per heavy atom. The van der Waals surface area contributed by atoms with Crippen LogP contribution >= 0.6 is 0 Å². The van der Waals surface area contributed by atoms with Crippen LogP contribution in [-0.4, -0.2) is 72.3 Å². The molecule has 280 valence electrons. The van der Waals surface area contributed by atoms with E-state index in [1.54, 1.807) is 12.2 Å². The van der Waals surface area contributed by atoms with Gasteiger partial charge in [-0.3, -0.25) is 19.4 Å². The minimum Gasteiger partial charge on any atom is -0.469 e. The number of rotatable bonds is 9. The lowest BCUT2D eigenvalue weighted by molar-refractivity contribution is -0.149. The second-order valence-corrected chi connectivity index (χ2v) is 13.7. The highest BCUT2D eigenvalue weighted by molar-refractivity contribution is 6.02. The summed E-state index contributed by atoms with van der Waals surface area (Å²) in [6, 6.07) is 7.72. The van der Waals surface area contributed by atoms with Gasteiger partial charge in [0.25, 0.3) is 0 Å². The lowest BCUT2D eigenvalue weighted by Crippen LogP contribution is -2.42. The Morgan fingerprint density at radius 1 is 0.759 bits per heavy atom. The van der Waals surface area contributed by atoms with Gasteiger partial charge in [0.1, 0.15) is 5.92 Å². The number of aryl methyl sites for hydroxylation is 3. The number of fused-ring (bicyclic) bond motifs is 11. The number of methoxy groups -OCH3 is 4. The molecule has 1 aliphatic carbocycles. The molecule has 5 heterocycles. The number of hydrogen-bond acceptors (Lipinski definition) is 10. The highest BCUT2D eigenvalue weighted by Gasteiger charge is 2.53. The molecule has 0 aromatic carbocycles. The van der Waals surface area contributed by atoms with Gasteiger partial charge in [-0.1, -0.05) is 24.8 Å². The first-order valence-electron chi connectivity index (χ1n) is 17.6. The lowest BCUT2D eigenvalue weighted by atomic mass is 9.64. The van der Waals surface area contributed by atoms with Crippen molar-refractivity contribution in [2.75, 3.05) is 28.4 Å². The summed E-state index contributed by atoms with van der Waals surface area (Å²) in [6.45, 7) is 11.9. The normalized spacial score (nSPS) is 17.6. The van der Waals surface area contributed by atoms with Gasteiger partial charge >= 0.3 is 23.9 Å². The zero-order valence-corrected chi connectivity index (χ0v) is 31.8. The van der Waals surface area contributed by atoms with Crippen LogP contribution in [0.2, 0.25) is 0 Å². The average Bonchev–Trinajstić information content (AvgIpc) is 3.82. The molecule has 0 radical (unpaired) electrons. The van der Waals surface area contributed by atoms with Crippen LogP contribution in [0, 0.1) is 19.8 Å². The molecule has 12 nitrogen and oxygen atoms in total.